The molecule has 2 aliphatic heterocycles. The van der Waals surface area contributed by atoms with E-state index in [1.54, 1.807) is 0 Å². The number of hydrogen-bond acceptors (Lipinski definition) is 3. The molecular formula is C14H15F3O3S. The van der Waals surface area contributed by atoms with Crippen molar-refractivity contribution < 1.29 is 27.2 Å². The smallest absolute Gasteiger partial charge is 0.387 e. The third-order valence-corrected chi connectivity index (χ3v) is 6.38. The quantitative estimate of drug-likeness (QED) is 0.931. The average Bonchev–Trinajstić information content (AvgIpc) is 2.61. The normalized spacial score (nSPS) is 35.2. The van der Waals surface area contributed by atoms with Gasteiger partial charge in [-0.3, -0.25) is 4.21 Å². The van der Waals surface area contributed by atoms with Crippen LogP contribution in [-0.2, 0) is 16.4 Å². The van der Waals surface area contributed by atoms with Crippen molar-refractivity contribution in [2.24, 2.45) is 0 Å². The fourth-order valence-corrected chi connectivity index (χ4v) is 5.54. The van der Waals surface area contributed by atoms with E-state index in [4.69, 9.17) is 0 Å². The number of alkyl halides is 2. The van der Waals surface area contributed by atoms with E-state index in [9.17, 15) is 22.5 Å². The predicted molar refractivity (Wildman–Crippen MR) is 71.1 cm³/mol. The van der Waals surface area contributed by atoms with Gasteiger partial charge in [0.1, 0.15) is 11.6 Å². The predicted octanol–water partition coefficient (Wildman–Crippen LogP) is 2.69. The molecule has 0 radical (unpaired) electrons. The second-order valence-electron chi connectivity index (χ2n) is 5.61. The van der Waals surface area contributed by atoms with Crippen molar-refractivity contribution in [2.45, 2.75) is 48.4 Å². The Balaban J connectivity index is 1.98. The highest BCUT2D eigenvalue weighted by Gasteiger charge is 2.49. The topological polar surface area (TPSA) is 46.5 Å². The minimum Gasteiger partial charge on any atom is -0.434 e. The molecule has 116 valence electrons. The van der Waals surface area contributed by atoms with Gasteiger partial charge in [0.15, 0.2) is 0 Å². The summed E-state index contributed by atoms with van der Waals surface area (Å²) in [6.07, 6.45) is 1.96. The minimum atomic E-state index is -3.09. The van der Waals surface area contributed by atoms with Crippen LogP contribution < -0.4 is 4.74 Å². The molecule has 2 atom stereocenters. The summed E-state index contributed by atoms with van der Waals surface area (Å²) < 4.78 is 54.6. The Hall–Kier alpha value is -1.08. The number of ether oxygens (including phenoxy) is 1. The molecule has 1 N–H and O–H groups in total. The van der Waals surface area contributed by atoms with Crippen molar-refractivity contribution in [3.05, 3.63) is 29.6 Å². The molecule has 0 saturated carbocycles. The summed E-state index contributed by atoms with van der Waals surface area (Å²) in [6.45, 7) is -3.09. The lowest BCUT2D eigenvalue weighted by molar-refractivity contribution is -0.0558. The molecule has 2 heterocycles. The summed E-state index contributed by atoms with van der Waals surface area (Å²) in [6, 6.07) is 3.24. The summed E-state index contributed by atoms with van der Waals surface area (Å²) in [5, 5.41) is 10.6. The molecule has 0 spiro atoms. The third kappa shape index (κ3) is 2.68. The summed E-state index contributed by atoms with van der Waals surface area (Å²) in [5.41, 5.74) is -1.24. The Morgan fingerprint density at radius 3 is 2.48 bits per heavy atom. The number of fused-ring (bicyclic) bond motifs is 2. The van der Waals surface area contributed by atoms with Gasteiger partial charge in [-0.05, 0) is 37.8 Å². The van der Waals surface area contributed by atoms with E-state index >= 15 is 0 Å². The lowest BCUT2D eigenvalue weighted by Gasteiger charge is -2.37. The molecule has 0 amide bonds. The van der Waals surface area contributed by atoms with Crippen LogP contribution >= 0.6 is 0 Å². The molecule has 2 saturated heterocycles. The first kappa shape index (κ1) is 14.8. The second kappa shape index (κ2) is 5.28. The van der Waals surface area contributed by atoms with Crippen LogP contribution in [0.1, 0.15) is 31.2 Å². The highest BCUT2D eigenvalue weighted by molar-refractivity contribution is 7.86. The fourth-order valence-electron chi connectivity index (χ4n) is 3.38. The number of benzene rings is 1. The fraction of sp³-hybridized carbons (Fsp3) is 0.571. The Morgan fingerprint density at radius 2 is 1.90 bits per heavy atom. The molecule has 1 aromatic carbocycles. The molecule has 3 nitrogen and oxygen atoms in total. The Bertz CT molecular complexity index is 563. The van der Waals surface area contributed by atoms with Gasteiger partial charge in [0, 0.05) is 32.9 Å². The number of halogens is 3. The molecule has 2 fully saturated rings. The van der Waals surface area contributed by atoms with Crippen molar-refractivity contribution in [3.8, 4) is 5.75 Å². The van der Waals surface area contributed by atoms with Crippen LogP contribution in [0, 0.1) is 5.82 Å². The molecule has 1 aromatic rings. The van der Waals surface area contributed by atoms with Crippen LogP contribution in [0.2, 0.25) is 0 Å². The van der Waals surface area contributed by atoms with Crippen LogP contribution in [-0.4, -0.2) is 26.4 Å². The van der Waals surface area contributed by atoms with E-state index in [0.717, 1.165) is 25.0 Å². The van der Waals surface area contributed by atoms with Gasteiger partial charge in [-0.2, -0.15) is 8.78 Å². The van der Waals surface area contributed by atoms with Gasteiger partial charge in [0.05, 0.1) is 5.60 Å². The van der Waals surface area contributed by atoms with Crippen molar-refractivity contribution in [1.29, 1.82) is 0 Å². The number of hydrogen-bond donors (Lipinski definition) is 1. The van der Waals surface area contributed by atoms with Gasteiger partial charge in [0.2, 0.25) is 0 Å². The zero-order valence-electron chi connectivity index (χ0n) is 11.1. The van der Waals surface area contributed by atoms with Gasteiger partial charge >= 0.3 is 6.61 Å². The first-order chi connectivity index (χ1) is 9.89. The molecule has 3 rings (SSSR count). The van der Waals surface area contributed by atoms with Crippen molar-refractivity contribution in [1.82, 2.24) is 0 Å². The van der Waals surface area contributed by atoms with E-state index in [2.05, 4.69) is 4.74 Å². The molecule has 2 unspecified atom stereocenters. The van der Waals surface area contributed by atoms with Gasteiger partial charge in [-0.25, -0.2) is 4.39 Å². The first-order valence-electron chi connectivity index (χ1n) is 6.76. The zero-order valence-corrected chi connectivity index (χ0v) is 11.9. The Morgan fingerprint density at radius 1 is 1.29 bits per heavy atom. The second-order valence-corrected chi connectivity index (χ2v) is 7.60. The third-order valence-electron chi connectivity index (χ3n) is 4.26. The first-order valence-corrected chi connectivity index (χ1v) is 8.03. The monoisotopic (exact) mass is 320 g/mol. The summed E-state index contributed by atoms with van der Waals surface area (Å²) >= 11 is 0. The molecule has 2 aliphatic rings. The lowest BCUT2D eigenvalue weighted by atomic mass is 9.85. The van der Waals surface area contributed by atoms with Gasteiger partial charge in [0.25, 0.3) is 0 Å². The molecular weight excluding hydrogens is 305 g/mol. The lowest BCUT2D eigenvalue weighted by Crippen LogP contribution is -2.40. The summed E-state index contributed by atoms with van der Waals surface area (Å²) in [7, 11) is -0.984. The highest BCUT2D eigenvalue weighted by atomic mass is 32.2. The van der Waals surface area contributed by atoms with Crippen LogP contribution in [0.4, 0.5) is 13.2 Å². The SMILES string of the molecule is O=S1C2CCC1CC(O)(c1ccc(F)cc1OC(F)F)C2. The summed E-state index contributed by atoms with van der Waals surface area (Å²) in [4.78, 5) is 0. The van der Waals surface area contributed by atoms with E-state index in [1.165, 1.54) is 6.07 Å². The van der Waals surface area contributed by atoms with Crippen molar-refractivity contribution >= 4 is 10.8 Å². The van der Waals surface area contributed by atoms with Crippen molar-refractivity contribution in [3.63, 3.8) is 0 Å². The van der Waals surface area contributed by atoms with Gasteiger partial charge < -0.3 is 9.84 Å². The molecule has 2 bridgehead atoms. The van der Waals surface area contributed by atoms with Gasteiger partial charge in [-0.15, -0.1) is 0 Å². The molecule has 21 heavy (non-hydrogen) atoms. The minimum absolute atomic E-state index is 0.141. The van der Waals surface area contributed by atoms with Crippen LogP contribution in [0.3, 0.4) is 0 Å². The Labute approximate surface area is 122 Å². The van der Waals surface area contributed by atoms with Crippen LogP contribution in [0.25, 0.3) is 0 Å². The summed E-state index contributed by atoms with van der Waals surface area (Å²) in [5.74, 6) is -1.06. The molecule has 0 aromatic heterocycles. The highest BCUT2D eigenvalue weighted by Crippen LogP contribution is 2.48. The molecule has 7 heteroatoms. The van der Waals surface area contributed by atoms with Crippen molar-refractivity contribution in [2.75, 3.05) is 0 Å². The maximum atomic E-state index is 13.3. The number of rotatable bonds is 3. The maximum Gasteiger partial charge on any atom is 0.387 e. The van der Waals surface area contributed by atoms with Gasteiger partial charge in [-0.1, -0.05) is 0 Å². The Kier molecular flexibility index (Phi) is 3.73. The van der Waals surface area contributed by atoms with Crippen LogP contribution in [0.5, 0.6) is 5.75 Å². The molecule has 0 aliphatic carbocycles. The maximum absolute atomic E-state index is 13.3. The van der Waals surface area contributed by atoms with E-state index in [-0.39, 0.29) is 34.7 Å². The zero-order chi connectivity index (χ0) is 15.2. The van der Waals surface area contributed by atoms with E-state index in [1.807, 2.05) is 0 Å². The number of aliphatic hydroxyl groups is 1. The largest absolute Gasteiger partial charge is 0.434 e. The standard InChI is InChI=1S/C14H15F3O3S/c15-8-1-4-11(12(5-8)20-13(16)17)14(18)6-9-2-3-10(7-14)21(9)19/h1,4-5,9-10,13,18H,2-3,6-7H2. The van der Waals surface area contributed by atoms with E-state index < -0.39 is 28.8 Å². The van der Waals surface area contributed by atoms with Crippen LogP contribution in [0.15, 0.2) is 18.2 Å². The van der Waals surface area contributed by atoms with E-state index in [0.29, 0.717) is 0 Å². The average molecular weight is 320 g/mol.